The van der Waals surface area contributed by atoms with E-state index in [0.717, 1.165) is 16.9 Å². The van der Waals surface area contributed by atoms with Crippen molar-refractivity contribution in [1.29, 1.82) is 0 Å². The van der Waals surface area contributed by atoms with E-state index in [0.29, 0.717) is 30.0 Å². The van der Waals surface area contributed by atoms with E-state index in [-0.39, 0.29) is 12.0 Å². The number of hydrogen-bond donors (Lipinski definition) is 0. The van der Waals surface area contributed by atoms with Crippen molar-refractivity contribution in [3.8, 4) is 5.75 Å². The Morgan fingerprint density at radius 3 is 2.25 bits per heavy atom. The average molecular weight is 519 g/mol. The maximum Gasteiger partial charge on any atom is 0.303 e. The van der Waals surface area contributed by atoms with Crippen LogP contribution in [0.1, 0.15) is 57.7 Å². The normalized spacial score (nSPS) is 25.8. The van der Waals surface area contributed by atoms with Crippen LogP contribution < -0.4 is 4.74 Å². The Bertz CT molecular complexity index is 1050. The molecular formula is C28H35ClO7. The van der Waals surface area contributed by atoms with Crippen molar-refractivity contribution in [2.24, 2.45) is 5.92 Å². The summed E-state index contributed by atoms with van der Waals surface area (Å²) in [6.07, 6.45) is -0.913. The van der Waals surface area contributed by atoms with E-state index in [2.05, 4.69) is 0 Å². The molecule has 196 valence electrons. The van der Waals surface area contributed by atoms with E-state index in [1.54, 1.807) is 12.1 Å². The number of halogens is 1. The molecule has 0 aromatic heterocycles. The monoisotopic (exact) mass is 518 g/mol. The summed E-state index contributed by atoms with van der Waals surface area (Å²) < 4.78 is 29.5. The minimum absolute atomic E-state index is 0.234. The van der Waals surface area contributed by atoms with E-state index >= 15 is 0 Å². The van der Waals surface area contributed by atoms with Crippen LogP contribution in [0.2, 0.25) is 5.02 Å². The maximum absolute atomic E-state index is 12.2. The van der Waals surface area contributed by atoms with Gasteiger partial charge in [0.25, 0.3) is 0 Å². The molecule has 0 bridgehead atoms. The molecular weight excluding hydrogens is 484 g/mol. The van der Waals surface area contributed by atoms with Gasteiger partial charge in [0.05, 0.1) is 12.7 Å². The summed E-state index contributed by atoms with van der Waals surface area (Å²) in [5.41, 5.74) is 2.50. The fourth-order valence-corrected chi connectivity index (χ4v) is 4.96. The van der Waals surface area contributed by atoms with Gasteiger partial charge < -0.3 is 23.7 Å². The van der Waals surface area contributed by atoms with Crippen LogP contribution in [0.5, 0.6) is 5.75 Å². The van der Waals surface area contributed by atoms with Gasteiger partial charge >= 0.3 is 11.9 Å². The first-order valence-corrected chi connectivity index (χ1v) is 12.6. The summed E-state index contributed by atoms with van der Waals surface area (Å²) in [4.78, 5) is 24.2. The van der Waals surface area contributed by atoms with Gasteiger partial charge in [-0.1, -0.05) is 43.6 Å². The average Bonchev–Trinajstić information content (AvgIpc) is 2.84. The van der Waals surface area contributed by atoms with E-state index < -0.39 is 29.9 Å². The Labute approximate surface area is 218 Å². The van der Waals surface area contributed by atoms with Gasteiger partial charge in [0, 0.05) is 37.5 Å². The summed E-state index contributed by atoms with van der Waals surface area (Å²) >= 11 is 6.59. The predicted octanol–water partition coefficient (Wildman–Crippen LogP) is 5.44. The van der Waals surface area contributed by atoms with Crippen molar-refractivity contribution in [3.05, 3.63) is 64.2 Å². The third kappa shape index (κ3) is 6.02. The van der Waals surface area contributed by atoms with Gasteiger partial charge in [0.2, 0.25) is 5.79 Å². The molecule has 5 atom stereocenters. The molecule has 0 amide bonds. The van der Waals surface area contributed by atoms with Crippen molar-refractivity contribution in [3.63, 3.8) is 0 Å². The zero-order valence-electron chi connectivity index (χ0n) is 21.7. The van der Waals surface area contributed by atoms with Gasteiger partial charge in [0.15, 0.2) is 6.10 Å². The summed E-state index contributed by atoms with van der Waals surface area (Å²) in [6.45, 7) is 9.08. The molecule has 1 aliphatic heterocycles. The van der Waals surface area contributed by atoms with Crippen LogP contribution >= 0.6 is 11.6 Å². The Balaban J connectivity index is 2.07. The van der Waals surface area contributed by atoms with Crippen LogP contribution in [0.3, 0.4) is 0 Å². The van der Waals surface area contributed by atoms with Gasteiger partial charge in [-0.05, 0) is 55.2 Å². The number of rotatable bonds is 9. The Kier molecular flexibility index (Phi) is 9.39. The van der Waals surface area contributed by atoms with Crippen LogP contribution in [0.15, 0.2) is 42.5 Å². The van der Waals surface area contributed by atoms with Gasteiger partial charge in [0.1, 0.15) is 11.9 Å². The molecule has 1 aliphatic rings. The summed E-state index contributed by atoms with van der Waals surface area (Å²) in [5.74, 6) is -1.94. The molecule has 0 aliphatic carbocycles. The fraction of sp³-hybridized carbons (Fsp3) is 0.500. The van der Waals surface area contributed by atoms with Crippen molar-refractivity contribution in [2.45, 2.75) is 71.6 Å². The standard InChI is InChI=1S/C28H35ClO7/c1-7-25-17(3)26(34-18(4)30)27(35-19(5)31)28(32-6,36-25)22-11-14-24(29)21(16-22)15-20-9-12-23(13-10-20)33-8-2/h9-14,16-17,25-27H,7-8,15H2,1-6H3/t17-,25-,26+,27-,28?/m1/s1. The molecule has 3 rings (SSSR count). The van der Waals surface area contributed by atoms with Gasteiger partial charge in [-0.2, -0.15) is 0 Å². The molecule has 1 unspecified atom stereocenters. The number of methoxy groups -OCH3 is 1. The lowest BCUT2D eigenvalue weighted by molar-refractivity contribution is -0.356. The summed E-state index contributed by atoms with van der Waals surface area (Å²) in [6, 6.07) is 13.3. The first-order chi connectivity index (χ1) is 17.1. The van der Waals surface area contributed by atoms with Crippen LogP contribution in [0, 0.1) is 5.92 Å². The molecule has 0 N–H and O–H groups in total. The second kappa shape index (κ2) is 12.1. The molecule has 1 heterocycles. The quantitative estimate of drug-likeness (QED) is 0.409. The molecule has 1 fully saturated rings. The lowest BCUT2D eigenvalue weighted by Gasteiger charge is -2.50. The van der Waals surface area contributed by atoms with Crippen molar-refractivity contribution in [2.75, 3.05) is 13.7 Å². The highest BCUT2D eigenvalue weighted by Crippen LogP contribution is 2.45. The highest BCUT2D eigenvalue weighted by Gasteiger charge is 2.58. The molecule has 2 aromatic carbocycles. The fourth-order valence-electron chi connectivity index (χ4n) is 4.77. The highest BCUT2D eigenvalue weighted by atomic mass is 35.5. The molecule has 8 heteroatoms. The van der Waals surface area contributed by atoms with Crippen LogP contribution in [-0.4, -0.2) is 44.0 Å². The minimum Gasteiger partial charge on any atom is -0.494 e. The Hall–Kier alpha value is -2.61. The number of esters is 2. The van der Waals surface area contributed by atoms with Crippen LogP contribution in [0.4, 0.5) is 0 Å². The Morgan fingerprint density at radius 1 is 1.03 bits per heavy atom. The van der Waals surface area contributed by atoms with Crippen molar-refractivity contribution in [1.82, 2.24) is 0 Å². The molecule has 7 nitrogen and oxygen atoms in total. The number of hydrogen-bond acceptors (Lipinski definition) is 7. The van der Waals surface area contributed by atoms with E-state index in [1.807, 2.05) is 51.1 Å². The minimum atomic E-state index is -1.50. The van der Waals surface area contributed by atoms with E-state index in [1.165, 1.54) is 21.0 Å². The van der Waals surface area contributed by atoms with Crippen molar-refractivity contribution < 1.29 is 33.3 Å². The number of ether oxygens (including phenoxy) is 5. The van der Waals surface area contributed by atoms with Crippen LogP contribution in [0.25, 0.3) is 0 Å². The Morgan fingerprint density at radius 2 is 1.69 bits per heavy atom. The molecule has 2 aromatic rings. The first-order valence-electron chi connectivity index (χ1n) is 12.2. The SMILES string of the molecule is CCOc1ccc(Cc2cc(C3(OC)O[C@H](CC)[C@@H](C)[C@H](OC(C)=O)[C@H]3OC(C)=O)ccc2Cl)cc1. The molecule has 0 spiro atoms. The first kappa shape index (κ1) is 28.0. The smallest absolute Gasteiger partial charge is 0.303 e. The maximum atomic E-state index is 12.2. The molecule has 0 saturated carbocycles. The number of benzene rings is 2. The molecule has 36 heavy (non-hydrogen) atoms. The lowest BCUT2D eigenvalue weighted by Crippen LogP contribution is -2.62. The van der Waals surface area contributed by atoms with Crippen LogP contribution in [-0.2, 0) is 40.7 Å². The van der Waals surface area contributed by atoms with Gasteiger partial charge in [-0.15, -0.1) is 0 Å². The second-order valence-corrected chi connectivity index (χ2v) is 9.37. The predicted molar refractivity (Wildman–Crippen MR) is 136 cm³/mol. The lowest BCUT2D eigenvalue weighted by atomic mass is 9.81. The van der Waals surface area contributed by atoms with E-state index in [4.69, 9.17) is 35.3 Å². The summed E-state index contributed by atoms with van der Waals surface area (Å²) in [7, 11) is 1.49. The van der Waals surface area contributed by atoms with Gasteiger partial charge in [-0.25, -0.2) is 0 Å². The molecule has 1 saturated heterocycles. The summed E-state index contributed by atoms with van der Waals surface area (Å²) in [5, 5.41) is 0.579. The highest BCUT2D eigenvalue weighted by molar-refractivity contribution is 6.31. The third-order valence-electron chi connectivity index (χ3n) is 6.48. The second-order valence-electron chi connectivity index (χ2n) is 8.96. The van der Waals surface area contributed by atoms with Crippen molar-refractivity contribution >= 4 is 23.5 Å². The third-order valence-corrected chi connectivity index (χ3v) is 6.85. The zero-order chi connectivity index (χ0) is 26.5. The zero-order valence-corrected chi connectivity index (χ0v) is 22.5. The number of carbonyl (C=O) groups is 2. The largest absolute Gasteiger partial charge is 0.494 e. The topological polar surface area (TPSA) is 80.3 Å². The molecule has 0 radical (unpaired) electrons. The number of carbonyl (C=O) groups excluding carboxylic acids is 2. The van der Waals surface area contributed by atoms with E-state index in [9.17, 15) is 9.59 Å². The van der Waals surface area contributed by atoms with Gasteiger partial charge in [-0.3, -0.25) is 9.59 Å².